The second-order valence-corrected chi connectivity index (χ2v) is 11.4. The predicted molar refractivity (Wildman–Crippen MR) is 197 cm³/mol. The quantitative estimate of drug-likeness (QED) is 0.0857. The first-order valence-corrected chi connectivity index (χ1v) is 16.1. The number of carbonyl (C=O) groups excluding carboxylic acids is 4. The zero-order chi connectivity index (χ0) is 35.0. The Morgan fingerprint density at radius 3 is 0.720 bits per heavy atom. The van der Waals surface area contributed by atoms with Gasteiger partial charge in [0, 0.05) is 45.5 Å². The first-order valence-electron chi connectivity index (χ1n) is 16.1. The molecule has 0 aliphatic carbocycles. The number of para-hydroxylation sites is 4. The molecule has 0 spiro atoms. The highest BCUT2D eigenvalue weighted by Crippen LogP contribution is 2.12. The fourth-order valence-corrected chi connectivity index (χ4v) is 4.99. The van der Waals surface area contributed by atoms with E-state index in [0.29, 0.717) is 0 Å². The summed E-state index contributed by atoms with van der Waals surface area (Å²) in [4.78, 5) is 54.4. The molecule has 0 unspecified atom stereocenters. The maximum Gasteiger partial charge on any atom is 0.230 e. The molecule has 0 radical (unpaired) electrons. The highest BCUT2D eigenvalue weighted by molar-refractivity contribution is 5.94. The zero-order valence-electron chi connectivity index (χ0n) is 27.3. The molecule has 252 valence electrons. The Hall–Kier alpha value is -6.68. The molecule has 4 aromatic carbocycles. The Morgan fingerprint density at radius 1 is 0.320 bits per heavy atom. The van der Waals surface area contributed by atoms with Crippen LogP contribution in [-0.4, -0.2) is 33.6 Å². The lowest BCUT2D eigenvalue weighted by Gasteiger charge is -2.05. The average molecular weight is 667 g/mol. The lowest BCUT2D eigenvalue weighted by molar-refractivity contribution is -0.116. The Bertz CT molecular complexity index is 1690. The minimum absolute atomic E-state index is 0.103. The van der Waals surface area contributed by atoms with Crippen LogP contribution in [0.4, 0.5) is 22.7 Å². The summed E-state index contributed by atoms with van der Waals surface area (Å²) in [5.74, 6) is -0.414. The van der Waals surface area contributed by atoms with Crippen molar-refractivity contribution in [3.63, 3.8) is 0 Å². The Balaban J connectivity index is 0.000000194. The number of anilines is 4. The lowest BCUT2D eigenvalue weighted by atomic mass is 10.2. The van der Waals surface area contributed by atoms with Gasteiger partial charge in [0.25, 0.3) is 0 Å². The van der Waals surface area contributed by atoms with Crippen molar-refractivity contribution in [2.45, 2.75) is 25.7 Å². The van der Waals surface area contributed by atoms with Crippen molar-refractivity contribution in [1.29, 1.82) is 0 Å². The molecule has 6 aromatic rings. The van der Waals surface area contributed by atoms with Crippen molar-refractivity contribution >= 4 is 46.4 Å². The molecule has 4 amide bonds. The summed E-state index contributed by atoms with van der Waals surface area (Å²) in [5.41, 5.74) is 6.16. The van der Waals surface area contributed by atoms with Gasteiger partial charge < -0.3 is 31.2 Å². The highest BCUT2D eigenvalue weighted by atomic mass is 16.2. The van der Waals surface area contributed by atoms with Crippen LogP contribution >= 0.6 is 0 Å². The van der Waals surface area contributed by atoms with E-state index in [9.17, 15) is 19.2 Å². The van der Waals surface area contributed by atoms with Crippen LogP contribution in [0.5, 0.6) is 0 Å². The van der Waals surface area contributed by atoms with Crippen LogP contribution < -0.4 is 21.3 Å². The van der Waals surface area contributed by atoms with Gasteiger partial charge in [-0.15, -0.1) is 0 Å². The minimum atomic E-state index is -0.103. The minimum Gasteiger partial charge on any atom is -0.361 e. The molecule has 10 nitrogen and oxygen atoms in total. The van der Waals surface area contributed by atoms with Gasteiger partial charge in [0.1, 0.15) is 0 Å². The van der Waals surface area contributed by atoms with Crippen molar-refractivity contribution in [3.05, 3.63) is 168 Å². The topological polar surface area (TPSA) is 148 Å². The van der Waals surface area contributed by atoms with Crippen LogP contribution in [0.15, 0.2) is 146 Å². The van der Waals surface area contributed by atoms with Crippen LogP contribution in [-0.2, 0) is 44.9 Å². The van der Waals surface area contributed by atoms with Crippen LogP contribution in [0.25, 0.3) is 0 Å². The molecule has 0 aliphatic rings. The summed E-state index contributed by atoms with van der Waals surface area (Å²) >= 11 is 0. The van der Waals surface area contributed by atoms with E-state index in [1.807, 2.05) is 146 Å². The third-order valence-electron chi connectivity index (χ3n) is 7.25. The van der Waals surface area contributed by atoms with E-state index in [4.69, 9.17) is 0 Å². The van der Waals surface area contributed by atoms with Crippen molar-refractivity contribution < 1.29 is 19.2 Å². The molecule has 0 atom stereocenters. The normalized spacial score (nSPS) is 10.2. The molecule has 2 heterocycles. The Morgan fingerprint density at radius 2 is 0.520 bits per heavy atom. The SMILES string of the molecule is O=C(Cc1ccc(CC(=O)Nc2ccccc2)[nH]1)Nc1ccccc1.O=C(Cc1ccc(CC(=O)Nc2ccccc2)[nH]1)Nc1ccccc1. The molecule has 50 heavy (non-hydrogen) atoms. The van der Waals surface area contributed by atoms with Gasteiger partial charge in [0.15, 0.2) is 0 Å². The van der Waals surface area contributed by atoms with E-state index in [1.54, 1.807) is 0 Å². The van der Waals surface area contributed by atoms with Gasteiger partial charge in [-0.1, -0.05) is 72.8 Å². The van der Waals surface area contributed by atoms with Crippen molar-refractivity contribution in [3.8, 4) is 0 Å². The van der Waals surface area contributed by atoms with E-state index < -0.39 is 0 Å². The summed E-state index contributed by atoms with van der Waals surface area (Å²) in [7, 11) is 0. The Labute approximate surface area is 290 Å². The van der Waals surface area contributed by atoms with Crippen molar-refractivity contribution in [2.24, 2.45) is 0 Å². The molecule has 6 rings (SSSR count). The first-order chi connectivity index (χ1) is 24.4. The van der Waals surface area contributed by atoms with Crippen LogP contribution in [0.3, 0.4) is 0 Å². The number of H-pyrrole nitrogens is 2. The number of hydrogen-bond donors (Lipinski definition) is 6. The fraction of sp³-hybridized carbons (Fsp3) is 0.100. The standard InChI is InChI=1S/2C20H19N3O2/c2*24-19(22-15-7-3-1-4-8-15)13-17-11-12-18(21-17)14-20(25)23-16-9-5-2-6-10-16/h2*1-12,21H,13-14H2,(H,22,24)(H,23,25). The molecule has 0 fully saturated rings. The van der Waals surface area contributed by atoms with E-state index in [0.717, 1.165) is 45.5 Å². The summed E-state index contributed by atoms with van der Waals surface area (Å²) in [6.07, 6.45) is 0.925. The molecular weight excluding hydrogens is 628 g/mol. The number of aromatic nitrogens is 2. The van der Waals surface area contributed by atoms with Gasteiger partial charge in [-0.25, -0.2) is 0 Å². The van der Waals surface area contributed by atoms with Crippen molar-refractivity contribution in [1.82, 2.24) is 9.97 Å². The molecule has 0 aliphatic heterocycles. The maximum absolute atomic E-state index is 12.0. The van der Waals surface area contributed by atoms with Crippen LogP contribution in [0.2, 0.25) is 0 Å². The smallest absolute Gasteiger partial charge is 0.230 e. The molecule has 10 heteroatoms. The molecular formula is C40H38N6O4. The third kappa shape index (κ3) is 11.8. The number of benzene rings is 4. The molecule has 0 bridgehead atoms. The van der Waals surface area contributed by atoms with Gasteiger partial charge in [0.05, 0.1) is 25.7 Å². The Kier molecular flexibility index (Phi) is 12.5. The van der Waals surface area contributed by atoms with Gasteiger partial charge in [-0.05, 0) is 72.8 Å². The summed E-state index contributed by atoms with van der Waals surface area (Å²) in [6, 6.07) is 44.6. The van der Waals surface area contributed by atoms with E-state index in [-0.39, 0.29) is 49.3 Å². The van der Waals surface area contributed by atoms with Gasteiger partial charge in [-0.2, -0.15) is 0 Å². The van der Waals surface area contributed by atoms with E-state index in [1.165, 1.54) is 0 Å². The third-order valence-corrected chi connectivity index (χ3v) is 7.25. The average Bonchev–Trinajstić information content (AvgIpc) is 3.75. The number of amides is 4. The summed E-state index contributed by atoms with van der Waals surface area (Å²) in [6.45, 7) is 0. The van der Waals surface area contributed by atoms with Crippen LogP contribution in [0.1, 0.15) is 22.8 Å². The van der Waals surface area contributed by atoms with Gasteiger partial charge in [0.2, 0.25) is 23.6 Å². The summed E-state index contributed by atoms with van der Waals surface area (Å²) < 4.78 is 0. The molecule has 2 aromatic heterocycles. The molecule has 0 saturated carbocycles. The van der Waals surface area contributed by atoms with Gasteiger partial charge >= 0.3 is 0 Å². The molecule has 6 N–H and O–H groups in total. The maximum atomic E-state index is 12.0. The second-order valence-electron chi connectivity index (χ2n) is 11.4. The molecule has 0 saturated heterocycles. The van der Waals surface area contributed by atoms with Crippen LogP contribution in [0, 0.1) is 0 Å². The lowest BCUT2D eigenvalue weighted by Crippen LogP contribution is -2.15. The van der Waals surface area contributed by atoms with Gasteiger partial charge in [-0.3, -0.25) is 19.2 Å². The number of aromatic amines is 2. The summed E-state index contributed by atoms with van der Waals surface area (Å²) in [5, 5.41) is 11.3. The number of hydrogen-bond acceptors (Lipinski definition) is 4. The number of carbonyl (C=O) groups is 4. The monoisotopic (exact) mass is 666 g/mol. The van der Waals surface area contributed by atoms with Crippen molar-refractivity contribution in [2.75, 3.05) is 21.3 Å². The number of nitrogens with one attached hydrogen (secondary N) is 6. The van der Waals surface area contributed by atoms with E-state index >= 15 is 0 Å². The first kappa shape index (κ1) is 34.6. The second kappa shape index (κ2) is 18.0. The highest BCUT2D eigenvalue weighted by Gasteiger charge is 2.11. The zero-order valence-corrected chi connectivity index (χ0v) is 27.3. The largest absolute Gasteiger partial charge is 0.361 e. The van der Waals surface area contributed by atoms with E-state index in [2.05, 4.69) is 31.2 Å². The predicted octanol–water partition coefficient (Wildman–Crippen LogP) is 6.75. The fourth-order valence-electron chi connectivity index (χ4n) is 4.99. The number of rotatable bonds is 12.